The van der Waals surface area contributed by atoms with E-state index >= 15 is 0 Å². The maximum absolute atomic E-state index is 13.1. The molecule has 0 bridgehead atoms. The van der Waals surface area contributed by atoms with Crippen molar-refractivity contribution in [2.45, 2.75) is 145 Å². The van der Waals surface area contributed by atoms with Gasteiger partial charge in [0.2, 0.25) is 23.5 Å². The fourth-order valence-corrected chi connectivity index (χ4v) is 12.1. The van der Waals surface area contributed by atoms with E-state index in [9.17, 15) is 53.7 Å². The summed E-state index contributed by atoms with van der Waals surface area (Å²) in [5.41, 5.74) is 42.8. The number of aryl methyl sites for hydroxylation is 11. The van der Waals surface area contributed by atoms with E-state index in [1.807, 2.05) is 178 Å². The van der Waals surface area contributed by atoms with Gasteiger partial charge in [-0.25, -0.2) is 4.79 Å². The van der Waals surface area contributed by atoms with Crippen molar-refractivity contribution < 1.29 is 72.4 Å². The molecule has 0 saturated heterocycles. The number of ketones is 1. The number of aliphatic hydroxyl groups is 3. The van der Waals surface area contributed by atoms with Crippen molar-refractivity contribution in [1.29, 1.82) is 0 Å². The highest BCUT2D eigenvalue weighted by atomic mass is 16.5. The average Bonchev–Trinajstić information content (AvgIpc) is 1.69. The molecule has 562 valence electrons. The predicted octanol–water partition coefficient (Wildman–Crippen LogP) is 8.81. The van der Waals surface area contributed by atoms with Gasteiger partial charge in [0.1, 0.15) is 34.9 Å². The number of rotatable bonds is 24. The molecule has 16 N–H and O–H groups in total. The van der Waals surface area contributed by atoms with Gasteiger partial charge in [-0.3, -0.25) is 33.6 Å². The van der Waals surface area contributed by atoms with Gasteiger partial charge in [-0.05, 0) is 124 Å². The zero-order chi connectivity index (χ0) is 79.1. The molecule has 7 atom stereocenters. The lowest BCUT2D eigenvalue weighted by molar-refractivity contribution is -0.137. The van der Waals surface area contributed by atoms with Crippen molar-refractivity contribution in [3.8, 4) is 34.0 Å². The van der Waals surface area contributed by atoms with Crippen molar-refractivity contribution in [1.82, 2.24) is 26.1 Å². The molecule has 3 aromatic heterocycles. The first-order chi connectivity index (χ1) is 50.5. The van der Waals surface area contributed by atoms with Gasteiger partial charge in [0, 0.05) is 29.2 Å². The summed E-state index contributed by atoms with van der Waals surface area (Å²) in [5.74, 6) is -5.62. The minimum absolute atomic E-state index is 0.126. The Hall–Kier alpha value is -12.0. The van der Waals surface area contributed by atoms with Crippen LogP contribution in [-0.2, 0) is 49.7 Å². The highest BCUT2D eigenvalue weighted by Crippen LogP contribution is 2.30. The van der Waals surface area contributed by atoms with Gasteiger partial charge in [0.25, 0.3) is 17.7 Å². The van der Waals surface area contributed by atoms with E-state index in [-0.39, 0.29) is 35.4 Å². The number of benzene rings is 7. The number of Topliss-reactive ketones (excluding diaryl/α,β-unsaturated/α-hetero) is 1. The van der Waals surface area contributed by atoms with Crippen LogP contribution in [0.4, 0.5) is 0 Å². The van der Waals surface area contributed by atoms with E-state index in [2.05, 4.69) is 50.4 Å². The molecule has 107 heavy (non-hydrogen) atoms. The molecule has 0 fully saturated rings. The minimum atomic E-state index is -1.55. The van der Waals surface area contributed by atoms with E-state index in [0.717, 1.165) is 61.2 Å². The van der Waals surface area contributed by atoms with E-state index < -0.39 is 83.6 Å². The average molecular weight is 1460 g/mol. The number of nitrogens with one attached hydrogen (secondary N) is 2. The molecular formula is C82H94N10O15. The van der Waals surface area contributed by atoms with Gasteiger partial charge in [0.05, 0.1) is 23.1 Å². The standard InChI is InChI=1S/C23H25N3O4.C23H23N3O4.C13H19NO2.C12H18N2O2.C11H9NO3/c2*1-13-9-14(2)11-16(10-13)12-18(20(27)22(24)28)25-23(29)19-15(3)26-30-21(19)17-7-5-4-6-8-17;1-8-4-9(2)6-11(5-8)7-10(3)12(15)13(14)16;1-7-3-8(2)5-9(4-7)6-10(13)11(15)12(14)16;1-7-9(11(13)14)10(15-12-7)8-5-3-2-4-6-8/h4-11,18,20,27H,12H2,1-3H3,(H2,24,28)(H,25,29);4-11,18H,12H2,1-3H3,(H2,24,28)(H,25,29);4-6,10,12,15H,7H2,1-3H3,(H2,14,16);3-5,10-11,15H,6,13H2,1-2H3,(H2,14,16);2-6H,1H3,(H,13,14)/t18-,20?;18-;10-,12?;10-,11?;/m0000./s1. The number of nitrogens with two attached hydrogens (primary N) is 5. The van der Waals surface area contributed by atoms with Crippen LogP contribution < -0.4 is 39.3 Å². The number of hydrogen-bond acceptors (Lipinski definition) is 18. The highest BCUT2D eigenvalue weighted by Gasteiger charge is 2.32. The monoisotopic (exact) mass is 1460 g/mol. The summed E-state index contributed by atoms with van der Waals surface area (Å²) in [6, 6.07) is 48.5. The number of carboxylic acid groups (broad SMARTS) is 1. The molecule has 7 aromatic carbocycles. The number of carboxylic acids is 1. The van der Waals surface area contributed by atoms with Crippen LogP contribution in [-0.4, -0.2) is 120 Å². The molecule has 6 amide bonds. The maximum Gasteiger partial charge on any atom is 0.341 e. The van der Waals surface area contributed by atoms with Gasteiger partial charge in [-0.2, -0.15) is 0 Å². The summed E-state index contributed by atoms with van der Waals surface area (Å²) in [6.07, 6.45) is -2.43. The summed E-state index contributed by atoms with van der Waals surface area (Å²) in [5, 5.41) is 55.1. The van der Waals surface area contributed by atoms with Crippen molar-refractivity contribution in [3.63, 3.8) is 0 Å². The Labute approximate surface area is 620 Å². The van der Waals surface area contributed by atoms with Crippen LogP contribution in [0.1, 0.15) is 122 Å². The van der Waals surface area contributed by atoms with Gasteiger partial charge in [-0.15, -0.1) is 0 Å². The Morgan fingerprint density at radius 2 is 0.692 bits per heavy atom. The number of carbonyl (C=O) groups excluding carboxylic acids is 7. The quantitative estimate of drug-likeness (QED) is 0.0252. The predicted molar refractivity (Wildman–Crippen MR) is 405 cm³/mol. The Morgan fingerprint density at radius 1 is 0.393 bits per heavy atom. The van der Waals surface area contributed by atoms with Crippen LogP contribution in [0.15, 0.2) is 177 Å². The molecule has 0 radical (unpaired) electrons. The maximum atomic E-state index is 13.1. The van der Waals surface area contributed by atoms with Crippen molar-refractivity contribution in [2.75, 3.05) is 0 Å². The number of aromatic nitrogens is 3. The van der Waals surface area contributed by atoms with Gasteiger partial charge < -0.3 is 73.3 Å². The zero-order valence-corrected chi connectivity index (χ0v) is 62.0. The highest BCUT2D eigenvalue weighted by molar-refractivity contribution is 6.38. The van der Waals surface area contributed by atoms with Crippen LogP contribution in [0.2, 0.25) is 0 Å². The fraction of sp³-hybridized carbons (Fsp3) is 0.280. The number of primary amides is 4. The molecule has 0 aliphatic carbocycles. The summed E-state index contributed by atoms with van der Waals surface area (Å²) in [6.45, 7) is 22.6. The molecule has 10 aromatic rings. The Morgan fingerprint density at radius 3 is 1.02 bits per heavy atom. The molecule has 0 aliphatic rings. The Bertz CT molecular complexity index is 4590. The number of hydrogen-bond donors (Lipinski definition) is 11. The summed E-state index contributed by atoms with van der Waals surface area (Å²) in [4.78, 5) is 94.4. The largest absolute Gasteiger partial charge is 0.477 e. The van der Waals surface area contributed by atoms with Crippen LogP contribution in [0.25, 0.3) is 34.0 Å². The number of aromatic carboxylic acids is 1. The number of aliphatic hydroxyl groups excluding tert-OH is 3. The summed E-state index contributed by atoms with van der Waals surface area (Å²) < 4.78 is 15.7. The molecular weight excluding hydrogens is 1360 g/mol. The van der Waals surface area contributed by atoms with Gasteiger partial charge in [0.15, 0.2) is 23.4 Å². The molecule has 10 rings (SSSR count). The van der Waals surface area contributed by atoms with Crippen molar-refractivity contribution in [3.05, 3.63) is 264 Å². The first kappa shape index (κ1) is 83.9. The van der Waals surface area contributed by atoms with E-state index in [4.69, 9.17) is 47.3 Å². The van der Waals surface area contributed by atoms with E-state index in [0.29, 0.717) is 58.3 Å². The van der Waals surface area contributed by atoms with Gasteiger partial charge >= 0.3 is 5.97 Å². The van der Waals surface area contributed by atoms with E-state index in [1.165, 1.54) is 11.1 Å². The molecule has 25 heteroatoms. The smallest absolute Gasteiger partial charge is 0.341 e. The first-order valence-electron chi connectivity index (χ1n) is 34.2. The number of amides is 6. The number of nitrogens with zero attached hydrogens (tertiary/aromatic N) is 3. The SMILES string of the molecule is Cc1cc(C)cc(C[C@H](C)C(O)C(N)=O)c1.Cc1cc(C)cc(C[C@H](N)C(O)C(N)=O)c1.Cc1cc(C)cc(C[C@H](NC(=O)c2c(C)noc2-c2ccccc2)C(=O)C(N)=O)c1.Cc1cc(C)cc(C[C@H](NC(=O)c2c(C)noc2-c2ccccc2)C(O)C(N)=O)c1.Cc1noc(-c2ccccc2)c1C(=O)O. The molecule has 3 heterocycles. The third kappa shape index (κ3) is 24.8. The second-order valence-electron chi connectivity index (χ2n) is 26.6. The van der Waals surface area contributed by atoms with E-state index in [1.54, 1.807) is 45.0 Å². The summed E-state index contributed by atoms with van der Waals surface area (Å²) >= 11 is 0. The topological polar surface area (TPSA) is 450 Å². The van der Waals surface area contributed by atoms with Crippen LogP contribution in [0.5, 0.6) is 0 Å². The molecule has 0 spiro atoms. The molecule has 0 saturated carbocycles. The lowest BCUT2D eigenvalue weighted by atomic mass is 9.94. The lowest BCUT2D eigenvalue weighted by Gasteiger charge is -2.22. The Balaban J connectivity index is 0.000000217. The third-order valence-corrected chi connectivity index (χ3v) is 16.8. The fourth-order valence-electron chi connectivity index (χ4n) is 12.1. The second-order valence-corrected chi connectivity index (χ2v) is 26.6. The molecule has 3 unspecified atom stereocenters. The van der Waals surface area contributed by atoms with Gasteiger partial charge in [-0.1, -0.05) is 231 Å². The number of carbonyl (C=O) groups is 8. The van der Waals surface area contributed by atoms with Crippen molar-refractivity contribution >= 4 is 47.2 Å². The van der Waals surface area contributed by atoms with Crippen LogP contribution >= 0.6 is 0 Å². The lowest BCUT2D eigenvalue weighted by Crippen LogP contribution is -2.50. The molecule has 25 nitrogen and oxygen atoms in total. The second kappa shape index (κ2) is 39.2. The Kier molecular flexibility index (Phi) is 30.7. The summed E-state index contributed by atoms with van der Waals surface area (Å²) in [7, 11) is 0. The first-order valence-corrected chi connectivity index (χ1v) is 34.2. The van der Waals surface area contributed by atoms with Crippen LogP contribution in [0.3, 0.4) is 0 Å². The molecule has 0 aliphatic heterocycles. The normalized spacial score (nSPS) is 12.7. The minimum Gasteiger partial charge on any atom is -0.477 e. The van der Waals surface area contributed by atoms with Crippen LogP contribution in [0, 0.1) is 82.1 Å². The zero-order valence-electron chi connectivity index (χ0n) is 62.0. The third-order valence-electron chi connectivity index (χ3n) is 16.8. The van der Waals surface area contributed by atoms with Crippen molar-refractivity contribution in [2.24, 2.45) is 34.6 Å².